The van der Waals surface area contributed by atoms with Crippen molar-refractivity contribution >= 4 is 11.9 Å². The Kier molecular flexibility index (Phi) is 3.38. The number of benzene rings is 1. The third-order valence-electron chi connectivity index (χ3n) is 4.41. The van der Waals surface area contributed by atoms with E-state index < -0.39 is 47.6 Å². The Morgan fingerprint density at radius 3 is 2.73 bits per heavy atom. The van der Waals surface area contributed by atoms with Crippen molar-refractivity contribution in [2.24, 2.45) is 5.92 Å². The minimum absolute atomic E-state index is 0.0915. The summed E-state index contributed by atoms with van der Waals surface area (Å²) in [6.07, 6.45) is -0.152. The van der Waals surface area contributed by atoms with Crippen molar-refractivity contribution in [3.63, 3.8) is 0 Å². The fourth-order valence-electron chi connectivity index (χ4n) is 3.26. The Morgan fingerprint density at radius 1 is 1.32 bits per heavy atom. The van der Waals surface area contributed by atoms with Gasteiger partial charge >= 0.3 is 5.97 Å². The molecule has 2 aliphatic heterocycles. The standard InChI is InChI=1S/C15H14F3NO3/c16-9-2-4-11-12(5-9)15(17,18)6-10-3-1-8(14(21)22)7-19(10)13(11)20/h2,4-5,8,10H,1,3,6-7H2,(H,21,22)/t8-,10-/m0/s1. The molecule has 1 aromatic carbocycles. The highest BCUT2D eigenvalue weighted by Gasteiger charge is 2.47. The lowest BCUT2D eigenvalue weighted by Gasteiger charge is -2.37. The number of carboxylic acid groups (broad SMARTS) is 1. The number of hydrogen-bond donors (Lipinski definition) is 1. The SMILES string of the molecule is O=C(O)[C@H]1CC[C@H]2CC(F)(F)c3cc(F)ccc3C(=O)N2C1. The predicted molar refractivity (Wildman–Crippen MR) is 70.1 cm³/mol. The number of nitrogens with zero attached hydrogens (tertiary/aromatic N) is 1. The second-order valence-electron chi connectivity index (χ2n) is 5.82. The van der Waals surface area contributed by atoms with Crippen molar-refractivity contribution in [3.05, 3.63) is 35.1 Å². The summed E-state index contributed by atoms with van der Waals surface area (Å²) in [5.74, 6) is -6.59. The van der Waals surface area contributed by atoms with Crippen LogP contribution in [0, 0.1) is 11.7 Å². The first kappa shape index (κ1) is 14.9. The Hall–Kier alpha value is -2.05. The second kappa shape index (κ2) is 5.00. The molecule has 2 heterocycles. The van der Waals surface area contributed by atoms with Crippen LogP contribution < -0.4 is 0 Å². The number of hydrogen-bond acceptors (Lipinski definition) is 2. The smallest absolute Gasteiger partial charge is 0.308 e. The Morgan fingerprint density at radius 2 is 2.05 bits per heavy atom. The largest absolute Gasteiger partial charge is 0.481 e. The van der Waals surface area contributed by atoms with Gasteiger partial charge in [0.05, 0.1) is 5.92 Å². The molecule has 0 unspecified atom stereocenters. The lowest BCUT2D eigenvalue weighted by molar-refractivity contribution is -0.144. The predicted octanol–water partition coefficient (Wildman–Crippen LogP) is 2.63. The summed E-state index contributed by atoms with van der Waals surface area (Å²) >= 11 is 0. The molecule has 0 spiro atoms. The summed E-state index contributed by atoms with van der Waals surface area (Å²) in [5, 5.41) is 9.08. The Labute approximate surface area is 124 Å². The van der Waals surface area contributed by atoms with E-state index >= 15 is 0 Å². The minimum Gasteiger partial charge on any atom is -0.481 e. The van der Waals surface area contributed by atoms with E-state index in [-0.39, 0.29) is 24.9 Å². The van der Waals surface area contributed by atoms with E-state index in [4.69, 9.17) is 5.11 Å². The monoisotopic (exact) mass is 313 g/mol. The molecule has 0 aromatic heterocycles. The molecule has 1 aromatic rings. The fraction of sp³-hybridized carbons (Fsp3) is 0.467. The number of fused-ring (bicyclic) bond motifs is 2. The fourth-order valence-corrected chi connectivity index (χ4v) is 3.26. The normalized spacial score (nSPS) is 26.9. The van der Waals surface area contributed by atoms with Gasteiger partial charge in [0.25, 0.3) is 11.8 Å². The van der Waals surface area contributed by atoms with Gasteiger partial charge in [-0.05, 0) is 31.0 Å². The van der Waals surface area contributed by atoms with Gasteiger partial charge in [-0.3, -0.25) is 9.59 Å². The Bertz CT molecular complexity index is 647. The lowest BCUT2D eigenvalue weighted by Crippen LogP contribution is -2.48. The van der Waals surface area contributed by atoms with Crippen molar-refractivity contribution in [2.45, 2.75) is 31.2 Å². The van der Waals surface area contributed by atoms with Gasteiger partial charge in [-0.2, -0.15) is 0 Å². The van der Waals surface area contributed by atoms with E-state index in [0.29, 0.717) is 6.07 Å². The zero-order valence-corrected chi connectivity index (χ0v) is 11.6. The highest BCUT2D eigenvalue weighted by molar-refractivity contribution is 5.97. The quantitative estimate of drug-likeness (QED) is 0.867. The van der Waals surface area contributed by atoms with Crippen molar-refractivity contribution in [2.75, 3.05) is 6.54 Å². The van der Waals surface area contributed by atoms with Crippen molar-refractivity contribution in [1.82, 2.24) is 4.90 Å². The van der Waals surface area contributed by atoms with Crippen LogP contribution in [0.4, 0.5) is 13.2 Å². The molecular formula is C15H14F3NO3. The van der Waals surface area contributed by atoms with E-state index in [2.05, 4.69) is 0 Å². The van der Waals surface area contributed by atoms with Crippen LogP contribution in [0.15, 0.2) is 18.2 Å². The molecule has 1 fully saturated rings. The van der Waals surface area contributed by atoms with Crippen molar-refractivity contribution in [1.29, 1.82) is 0 Å². The maximum absolute atomic E-state index is 14.4. The van der Waals surface area contributed by atoms with Gasteiger partial charge in [0.2, 0.25) is 0 Å². The summed E-state index contributed by atoms with van der Waals surface area (Å²) in [4.78, 5) is 24.8. The van der Waals surface area contributed by atoms with E-state index in [0.717, 1.165) is 12.1 Å². The van der Waals surface area contributed by atoms with Gasteiger partial charge in [-0.1, -0.05) is 0 Å². The minimum atomic E-state index is -3.32. The van der Waals surface area contributed by atoms with E-state index in [1.54, 1.807) is 0 Å². The lowest BCUT2D eigenvalue weighted by atomic mass is 9.90. The van der Waals surface area contributed by atoms with Crippen LogP contribution >= 0.6 is 0 Å². The molecule has 4 nitrogen and oxygen atoms in total. The number of carbonyl (C=O) groups is 2. The van der Waals surface area contributed by atoms with E-state index in [1.807, 2.05) is 0 Å². The summed E-state index contributed by atoms with van der Waals surface area (Å²) in [6.45, 7) is -0.0915. The zero-order chi connectivity index (χ0) is 16.1. The summed E-state index contributed by atoms with van der Waals surface area (Å²) in [6, 6.07) is 1.98. The average Bonchev–Trinajstić information content (AvgIpc) is 2.53. The summed E-state index contributed by atoms with van der Waals surface area (Å²) in [7, 11) is 0. The van der Waals surface area contributed by atoms with Gasteiger partial charge in [-0.15, -0.1) is 0 Å². The topological polar surface area (TPSA) is 57.6 Å². The van der Waals surface area contributed by atoms with Crippen LogP contribution in [0.2, 0.25) is 0 Å². The second-order valence-corrected chi connectivity index (χ2v) is 5.82. The highest BCUT2D eigenvalue weighted by atomic mass is 19.3. The molecule has 0 aliphatic carbocycles. The molecule has 2 aliphatic rings. The molecule has 1 amide bonds. The Balaban J connectivity index is 2.05. The van der Waals surface area contributed by atoms with Crippen molar-refractivity contribution < 1.29 is 27.9 Å². The number of carbonyl (C=O) groups excluding carboxylic acids is 1. The number of halogens is 3. The van der Waals surface area contributed by atoms with Gasteiger partial charge < -0.3 is 10.0 Å². The first-order valence-electron chi connectivity index (χ1n) is 7.01. The molecule has 3 rings (SSSR count). The van der Waals surface area contributed by atoms with Gasteiger partial charge in [0.15, 0.2) is 0 Å². The number of aliphatic carboxylic acids is 1. The maximum atomic E-state index is 14.4. The van der Waals surface area contributed by atoms with Crippen LogP contribution in [0.25, 0.3) is 0 Å². The summed E-state index contributed by atoms with van der Waals surface area (Å²) in [5.41, 5.74) is -0.862. The third-order valence-corrected chi connectivity index (χ3v) is 4.41. The molecule has 0 saturated carbocycles. The molecule has 7 heteroatoms. The first-order valence-corrected chi connectivity index (χ1v) is 7.01. The number of alkyl halides is 2. The number of piperidine rings is 1. The highest BCUT2D eigenvalue weighted by Crippen LogP contribution is 2.42. The van der Waals surface area contributed by atoms with E-state index in [9.17, 15) is 22.8 Å². The van der Waals surface area contributed by atoms with Gasteiger partial charge in [0, 0.05) is 30.1 Å². The zero-order valence-electron chi connectivity index (χ0n) is 11.6. The van der Waals surface area contributed by atoms with Crippen LogP contribution in [-0.4, -0.2) is 34.5 Å². The molecule has 0 radical (unpaired) electrons. The molecule has 1 saturated heterocycles. The molecule has 118 valence electrons. The average molecular weight is 313 g/mol. The summed E-state index contributed by atoms with van der Waals surface area (Å²) < 4.78 is 42.1. The molecule has 1 N–H and O–H groups in total. The van der Waals surface area contributed by atoms with Gasteiger partial charge in [0.1, 0.15) is 5.82 Å². The van der Waals surface area contributed by atoms with Crippen LogP contribution in [-0.2, 0) is 10.7 Å². The number of amides is 1. The van der Waals surface area contributed by atoms with E-state index in [1.165, 1.54) is 4.90 Å². The third kappa shape index (κ3) is 2.34. The van der Waals surface area contributed by atoms with Crippen molar-refractivity contribution in [3.8, 4) is 0 Å². The first-order chi connectivity index (χ1) is 10.3. The van der Waals surface area contributed by atoms with Crippen LogP contribution in [0.5, 0.6) is 0 Å². The number of carboxylic acids is 1. The maximum Gasteiger partial charge on any atom is 0.308 e. The number of rotatable bonds is 1. The molecule has 2 atom stereocenters. The molecule has 22 heavy (non-hydrogen) atoms. The van der Waals surface area contributed by atoms with Gasteiger partial charge in [-0.25, -0.2) is 13.2 Å². The van der Waals surface area contributed by atoms with Crippen LogP contribution in [0.3, 0.4) is 0 Å². The van der Waals surface area contributed by atoms with Crippen LogP contribution in [0.1, 0.15) is 35.2 Å². The molecule has 0 bridgehead atoms. The molecular weight excluding hydrogens is 299 g/mol.